The Hall–Kier alpha value is -5.14. The molecule has 1 aliphatic heterocycles. The quantitative estimate of drug-likeness (QED) is 0.0960. The van der Waals surface area contributed by atoms with Crippen LogP contribution in [0.5, 0.6) is 23.0 Å². The van der Waals surface area contributed by atoms with E-state index in [4.69, 9.17) is 33.4 Å². The Morgan fingerprint density at radius 1 is 0.943 bits per heavy atom. The molecule has 0 N–H and O–H groups in total. The first-order chi connectivity index (χ1) is 25.6. The fraction of sp³-hybridized carbons (Fsp3) is 0.300. The zero-order valence-corrected chi connectivity index (χ0v) is 32.6. The summed E-state index contributed by atoms with van der Waals surface area (Å²) in [6.07, 6.45) is 4.08. The zero-order chi connectivity index (χ0) is 38.1. The van der Waals surface area contributed by atoms with Crippen LogP contribution in [0.15, 0.2) is 92.8 Å². The van der Waals surface area contributed by atoms with Gasteiger partial charge in [0.15, 0.2) is 34.4 Å². The molecule has 2 heterocycles. The molecule has 0 unspecified atom stereocenters. The van der Waals surface area contributed by atoms with E-state index >= 15 is 0 Å². The van der Waals surface area contributed by atoms with Crippen LogP contribution in [0.1, 0.15) is 56.0 Å². The molecule has 11 nitrogen and oxygen atoms in total. The molecule has 53 heavy (non-hydrogen) atoms. The van der Waals surface area contributed by atoms with Crippen LogP contribution < -0.4 is 33.8 Å². The van der Waals surface area contributed by atoms with Crippen LogP contribution in [0.25, 0.3) is 6.08 Å². The Balaban J connectivity index is 1.63. The van der Waals surface area contributed by atoms with Crippen molar-refractivity contribution in [3.8, 4) is 23.0 Å². The second kappa shape index (κ2) is 18.1. The number of carbonyl (C=O) groups is 2. The fourth-order valence-corrected chi connectivity index (χ4v) is 7.08. The van der Waals surface area contributed by atoms with Gasteiger partial charge in [0.2, 0.25) is 0 Å². The highest BCUT2D eigenvalue weighted by Crippen LogP contribution is 2.37. The smallest absolute Gasteiger partial charge is 0.343 e. The number of allylic oxidation sites excluding steroid dienone is 2. The first-order valence-electron chi connectivity index (χ1n) is 17.1. The molecule has 3 aromatic carbocycles. The molecule has 1 atom stereocenters. The van der Waals surface area contributed by atoms with E-state index in [2.05, 4.69) is 22.5 Å². The third-order valence-corrected chi connectivity index (χ3v) is 9.60. The highest BCUT2D eigenvalue weighted by Gasteiger charge is 2.34. The number of halogens is 1. The molecule has 0 saturated heterocycles. The van der Waals surface area contributed by atoms with Gasteiger partial charge in [0.05, 0.1) is 48.8 Å². The standard InChI is InChI=1S/C40H41BrN2O9S/c1-7-11-28-18-26(19-32(49-9-3)37(28)52-22-25-12-15-29(41)16-13-25)20-33-38(45)43-36(35(39(46)50-10-4)24(5)42-40(43)53-33)27-14-17-30(31(21-27)48-8-2)51-23-34(44)47-6/h7,12-21,36H,1,8-11,22-23H2,2-6H3/b33-20-/t36-/m0/s1. The van der Waals surface area contributed by atoms with Crippen LogP contribution in [0.4, 0.5) is 0 Å². The highest BCUT2D eigenvalue weighted by molar-refractivity contribution is 9.10. The van der Waals surface area contributed by atoms with Gasteiger partial charge >= 0.3 is 11.9 Å². The maximum atomic E-state index is 14.4. The molecule has 0 aliphatic carbocycles. The van der Waals surface area contributed by atoms with E-state index in [1.54, 1.807) is 44.2 Å². The maximum Gasteiger partial charge on any atom is 0.343 e. The summed E-state index contributed by atoms with van der Waals surface area (Å²) in [5, 5.41) is 0. The number of rotatable bonds is 16. The zero-order valence-electron chi connectivity index (χ0n) is 30.2. The SMILES string of the molecule is C=CCc1cc(/C=c2\sc3n(c2=O)[C@@H](c2ccc(OCC(=O)OC)c(OCC)c2)C(C(=O)OCC)=C(C)N=3)cc(OCC)c1OCc1ccc(Br)cc1. The van der Waals surface area contributed by atoms with Gasteiger partial charge in [-0.1, -0.05) is 51.5 Å². The molecule has 1 aliphatic rings. The molecule has 13 heteroatoms. The van der Waals surface area contributed by atoms with E-state index < -0.39 is 18.0 Å². The van der Waals surface area contributed by atoms with Gasteiger partial charge in [-0.3, -0.25) is 9.36 Å². The minimum atomic E-state index is -0.897. The van der Waals surface area contributed by atoms with Crippen molar-refractivity contribution in [2.45, 2.75) is 46.8 Å². The molecule has 0 spiro atoms. The number of nitrogens with zero attached hydrogens (tertiary/aromatic N) is 2. The lowest BCUT2D eigenvalue weighted by molar-refractivity contribution is -0.143. The van der Waals surface area contributed by atoms with Crippen LogP contribution in [-0.2, 0) is 32.1 Å². The van der Waals surface area contributed by atoms with Gasteiger partial charge in [-0.25, -0.2) is 14.6 Å². The molecule has 0 saturated carbocycles. The summed E-state index contributed by atoms with van der Waals surface area (Å²) in [5.41, 5.74) is 3.40. The number of ether oxygens (including phenoxy) is 6. The van der Waals surface area contributed by atoms with Crippen molar-refractivity contribution in [2.24, 2.45) is 4.99 Å². The largest absolute Gasteiger partial charge is 0.490 e. The Kier molecular flexibility index (Phi) is 13.3. The number of hydrogen-bond acceptors (Lipinski definition) is 11. The van der Waals surface area contributed by atoms with Crippen molar-refractivity contribution in [3.05, 3.63) is 125 Å². The predicted molar refractivity (Wildman–Crippen MR) is 206 cm³/mol. The van der Waals surface area contributed by atoms with Crippen LogP contribution in [0.3, 0.4) is 0 Å². The fourth-order valence-electron chi connectivity index (χ4n) is 5.77. The minimum Gasteiger partial charge on any atom is -0.490 e. The normalized spacial score (nSPS) is 13.8. The monoisotopic (exact) mass is 804 g/mol. The van der Waals surface area contributed by atoms with Crippen LogP contribution in [0, 0.1) is 0 Å². The number of hydrogen-bond donors (Lipinski definition) is 0. The van der Waals surface area contributed by atoms with E-state index in [9.17, 15) is 14.4 Å². The number of thiazole rings is 1. The summed E-state index contributed by atoms with van der Waals surface area (Å²) in [7, 11) is 1.27. The van der Waals surface area contributed by atoms with E-state index in [0.29, 0.717) is 69.8 Å². The van der Waals surface area contributed by atoms with Gasteiger partial charge in [0.1, 0.15) is 6.61 Å². The molecule has 0 radical (unpaired) electrons. The second-order valence-corrected chi connectivity index (χ2v) is 13.6. The second-order valence-electron chi connectivity index (χ2n) is 11.7. The van der Waals surface area contributed by atoms with Gasteiger partial charge < -0.3 is 28.4 Å². The van der Waals surface area contributed by atoms with Gasteiger partial charge in [-0.05, 0) is 93.3 Å². The Bertz CT molecular complexity index is 2210. The maximum absolute atomic E-state index is 14.4. The summed E-state index contributed by atoms with van der Waals surface area (Å²) in [4.78, 5) is 44.8. The van der Waals surface area contributed by atoms with Crippen molar-refractivity contribution in [1.29, 1.82) is 0 Å². The summed E-state index contributed by atoms with van der Waals surface area (Å²) in [6, 6.07) is 15.8. The summed E-state index contributed by atoms with van der Waals surface area (Å²) in [5.74, 6) is 0.628. The molecule has 1 aromatic heterocycles. The highest BCUT2D eigenvalue weighted by atomic mass is 79.9. The Morgan fingerprint density at radius 2 is 1.68 bits per heavy atom. The molecule has 5 rings (SSSR count). The number of methoxy groups -OCH3 is 1. The summed E-state index contributed by atoms with van der Waals surface area (Å²) in [6.45, 7) is 11.9. The average Bonchev–Trinajstić information content (AvgIpc) is 3.44. The lowest BCUT2D eigenvalue weighted by Gasteiger charge is -2.25. The lowest BCUT2D eigenvalue weighted by atomic mass is 9.95. The Morgan fingerprint density at radius 3 is 2.36 bits per heavy atom. The molecular formula is C40H41BrN2O9S. The summed E-state index contributed by atoms with van der Waals surface area (Å²) < 4.78 is 37.0. The molecule has 0 bridgehead atoms. The van der Waals surface area contributed by atoms with Gasteiger partial charge in [0, 0.05) is 10.0 Å². The molecule has 0 fully saturated rings. The number of carbonyl (C=O) groups excluding carboxylic acids is 2. The van der Waals surface area contributed by atoms with Crippen LogP contribution in [-0.4, -0.2) is 50.0 Å². The first-order valence-corrected chi connectivity index (χ1v) is 18.7. The number of esters is 2. The van der Waals surface area contributed by atoms with E-state index in [0.717, 1.165) is 21.2 Å². The van der Waals surface area contributed by atoms with Crippen molar-refractivity contribution in [1.82, 2.24) is 4.57 Å². The molecule has 0 amide bonds. The van der Waals surface area contributed by atoms with Gasteiger partial charge in [-0.15, -0.1) is 6.58 Å². The predicted octanol–water partition coefficient (Wildman–Crippen LogP) is 6.22. The Labute approximate surface area is 319 Å². The van der Waals surface area contributed by atoms with Gasteiger partial charge in [-0.2, -0.15) is 0 Å². The first kappa shape index (κ1) is 39.1. The number of benzene rings is 3. The average molecular weight is 806 g/mol. The van der Waals surface area contributed by atoms with Crippen molar-refractivity contribution in [2.75, 3.05) is 33.5 Å². The third kappa shape index (κ3) is 9.09. The van der Waals surface area contributed by atoms with E-state index in [-0.39, 0.29) is 24.3 Å². The molecule has 4 aromatic rings. The lowest BCUT2D eigenvalue weighted by Crippen LogP contribution is -2.40. The van der Waals surface area contributed by atoms with Crippen molar-refractivity contribution >= 4 is 45.3 Å². The van der Waals surface area contributed by atoms with E-state index in [1.165, 1.54) is 23.0 Å². The topological polar surface area (TPSA) is 124 Å². The third-order valence-electron chi connectivity index (χ3n) is 8.09. The number of fused-ring (bicyclic) bond motifs is 1. The molecule has 278 valence electrons. The summed E-state index contributed by atoms with van der Waals surface area (Å²) >= 11 is 4.68. The van der Waals surface area contributed by atoms with Gasteiger partial charge in [0.25, 0.3) is 5.56 Å². The van der Waals surface area contributed by atoms with Crippen LogP contribution in [0.2, 0.25) is 0 Å². The van der Waals surface area contributed by atoms with Crippen LogP contribution >= 0.6 is 27.3 Å². The molecular weight excluding hydrogens is 764 g/mol. The van der Waals surface area contributed by atoms with E-state index in [1.807, 2.05) is 50.2 Å². The van der Waals surface area contributed by atoms with Crippen molar-refractivity contribution in [3.63, 3.8) is 0 Å². The number of aromatic nitrogens is 1. The van der Waals surface area contributed by atoms with Crippen molar-refractivity contribution < 1.29 is 38.0 Å². The minimum absolute atomic E-state index is 0.134.